The number of likely N-dealkylation sites (N-methyl/N-ethyl adjacent to an activating group) is 1. The minimum Gasteiger partial charge on any atom is -0.351 e. The number of anilines is 1. The van der Waals surface area contributed by atoms with Crippen molar-refractivity contribution >= 4 is 17.6 Å². The van der Waals surface area contributed by atoms with E-state index in [0.717, 1.165) is 24.1 Å². The number of carbonyl (C=O) groups is 2. The molecular formula is C18H23N5O2. The Hall–Kier alpha value is -2.83. The molecule has 3 N–H and O–H groups in total. The SMILES string of the molecule is CN(C(=O)Cn1cnc(-c2cccc(NC(N)=O)c2)c1)C1CCCC1. The third-order valence-corrected chi connectivity index (χ3v) is 4.64. The van der Waals surface area contributed by atoms with Crippen LogP contribution < -0.4 is 11.1 Å². The molecule has 0 saturated heterocycles. The van der Waals surface area contributed by atoms with Crippen LogP contribution in [0.5, 0.6) is 0 Å². The first-order valence-electron chi connectivity index (χ1n) is 8.47. The molecule has 0 spiro atoms. The summed E-state index contributed by atoms with van der Waals surface area (Å²) in [6.45, 7) is 0.277. The summed E-state index contributed by atoms with van der Waals surface area (Å²) in [5.74, 6) is 0.0972. The Balaban J connectivity index is 1.68. The van der Waals surface area contributed by atoms with Crippen molar-refractivity contribution in [3.8, 4) is 11.3 Å². The van der Waals surface area contributed by atoms with E-state index in [4.69, 9.17) is 5.73 Å². The van der Waals surface area contributed by atoms with Crippen molar-refractivity contribution in [2.75, 3.05) is 12.4 Å². The number of hydrogen-bond acceptors (Lipinski definition) is 3. The summed E-state index contributed by atoms with van der Waals surface area (Å²) in [6, 6.07) is 7.02. The average Bonchev–Trinajstić information content (AvgIpc) is 3.25. The second kappa shape index (κ2) is 7.38. The highest BCUT2D eigenvalue weighted by Crippen LogP contribution is 2.23. The van der Waals surface area contributed by atoms with E-state index < -0.39 is 6.03 Å². The summed E-state index contributed by atoms with van der Waals surface area (Å²) in [7, 11) is 1.88. The Morgan fingerprint density at radius 1 is 1.36 bits per heavy atom. The van der Waals surface area contributed by atoms with Gasteiger partial charge in [0.25, 0.3) is 0 Å². The van der Waals surface area contributed by atoms with E-state index in [1.165, 1.54) is 12.8 Å². The van der Waals surface area contributed by atoms with Gasteiger partial charge < -0.3 is 20.5 Å². The van der Waals surface area contributed by atoms with E-state index in [-0.39, 0.29) is 12.5 Å². The first kappa shape index (κ1) is 17.0. The normalized spacial score (nSPS) is 14.4. The third kappa shape index (κ3) is 4.17. The molecule has 1 aromatic heterocycles. The molecular weight excluding hydrogens is 318 g/mol. The van der Waals surface area contributed by atoms with Crippen LogP contribution in [0.15, 0.2) is 36.8 Å². The van der Waals surface area contributed by atoms with Crippen molar-refractivity contribution in [2.45, 2.75) is 38.3 Å². The van der Waals surface area contributed by atoms with Crippen LogP contribution in [0.1, 0.15) is 25.7 Å². The van der Waals surface area contributed by atoms with Gasteiger partial charge in [-0.05, 0) is 25.0 Å². The minimum absolute atomic E-state index is 0.0972. The molecule has 1 aliphatic carbocycles. The molecule has 25 heavy (non-hydrogen) atoms. The van der Waals surface area contributed by atoms with Gasteiger partial charge in [-0.2, -0.15) is 0 Å². The fourth-order valence-electron chi connectivity index (χ4n) is 3.26. The molecule has 7 nitrogen and oxygen atoms in total. The van der Waals surface area contributed by atoms with E-state index in [9.17, 15) is 9.59 Å². The largest absolute Gasteiger partial charge is 0.351 e. The Bertz CT molecular complexity index is 764. The highest BCUT2D eigenvalue weighted by Gasteiger charge is 2.23. The standard InChI is InChI=1S/C18H23N5O2/c1-22(15-7-2-3-8-15)17(24)11-23-10-16(20-12-23)13-5-4-6-14(9-13)21-18(19)25/h4-6,9-10,12,15H,2-3,7-8,11H2,1H3,(H3,19,21,25). The lowest BCUT2D eigenvalue weighted by Crippen LogP contribution is -2.37. The van der Waals surface area contributed by atoms with Gasteiger partial charge in [0.15, 0.2) is 0 Å². The molecule has 0 unspecified atom stereocenters. The molecule has 0 atom stereocenters. The maximum absolute atomic E-state index is 12.4. The number of nitrogens with one attached hydrogen (secondary N) is 1. The topological polar surface area (TPSA) is 93.2 Å². The van der Waals surface area contributed by atoms with E-state index in [0.29, 0.717) is 11.7 Å². The summed E-state index contributed by atoms with van der Waals surface area (Å²) < 4.78 is 1.79. The molecule has 0 radical (unpaired) electrons. The number of benzene rings is 1. The minimum atomic E-state index is -0.608. The first-order chi connectivity index (χ1) is 12.0. The summed E-state index contributed by atoms with van der Waals surface area (Å²) in [6.07, 6.45) is 8.09. The van der Waals surface area contributed by atoms with Crippen molar-refractivity contribution < 1.29 is 9.59 Å². The molecule has 7 heteroatoms. The van der Waals surface area contributed by atoms with Gasteiger partial charge in [0.1, 0.15) is 6.54 Å². The summed E-state index contributed by atoms with van der Waals surface area (Å²) >= 11 is 0. The number of imidazole rings is 1. The van der Waals surface area contributed by atoms with Gasteiger partial charge in [0, 0.05) is 30.5 Å². The van der Waals surface area contributed by atoms with Crippen LogP contribution in [0, 0.1) is 0 Å². The Kier molecular flexibility index (Phi) is 5.02. The van der Waals surface area contributed by atoms with Crippen LogP contribution >= 0.6 is 0 Å². The molecule has 2 aromatic rings. The van der Waals surface area contributed by atoms with E-state index in [1.807, 2.05) is 30.3 Å². The molecule has 1 saturated carbocycles. The van der Waals surface area contributed by atoms with Gasteiger partial charge in [-0.1, -0.05) is 25.0 Å². The van der Waals surface area contributed by atoms with Crippen molar-refractivity contribution in [1.82, 2.24) is 14.5 Å². The lowest BCUT2D eigenvalue weighted by molar-refractivity contribution is -0.132. The van der Waals surface area contributed by atoms with E-state index >= 15 is 0 Å². The maximum atomic E-state index is 12.4. The molecule has 1 aromatic carbocycles. The van der Waals surface area contributed by atoms with Gasteiger partial charge in [-0.15, -0.1) is 0 Å². The van der Waals surface area contributed by atoms with E-state index in [2.05, 4.69) is 10.3 Å². The van der Waals surface area contributed by atoms with Crippen LogP contribution in [0.25, 0.3) is 11.3 Å². The first-order valence-corrected chi connectivity index (χ1v) is 8.47. The van der Waals surface area contributed by atoms with Crippen molar-refractivity contribution in [1.29, 1.82) is 0 Å². The monoisotopic (exact) mass is 341 g/mol. The zero-order valence-corrected chi connectivity index (χ0v) is 14.3. The number of aromatic nitrogens is 2. The van der Waals surface area contributed by atoms with Crippen LogP contribution in [0.3, 0.4) is 0 Å². The van der Waals surface area contributed by atoms with Gasteiger partial charge in [-0.25, -0.2) is 9.78 Å². The zero-order chi connectivity index (χ0) is 17.8. The van der Waals surface area contributed by atoms with Gasteiger partial charge in [-0.3, -0.25) is 4.79 Å². The fourth-order valence-corrected chi connectivity index (χ4v) is 3.26. The lowest BCUT2D eigenvalue weighted by Gasteiger charge is -2.24. The van der Waals surface area contributed by atoms with E-state index in [1.54, 1.807) is 23.0 Å². The number of amides is 3. The van der Waals surface area contributed by atoms with Gasteiger partial charge in [0.2, 0.25) is 5.91 Å². The number of hydrogen-bond donors (Lipinski definition) is 2. The molecule has 0 bridgehead atoms. The van der Waals surface area contributed by atoms with Crippen LogP contribution in [-0.4, -0.2) is 39.5 Å². The number of carbonyl (C=O) groups excluding carboxylic acids is 2. The smallest absolute Gasteiger partial charge is 0.316 e. The molecule has 132 valence electrons. The quantitative estimate of drug-likeness (QED) is 0.875. The van der Waals surface area contributed by atoms with Gasteiger partial charge >= 0.3 is 6.03 Å². The Morgan fingerprint density at radius 3 is 2.84 bits per heavy atom. The number of primary amides is 1. The van der Waals surface area contributed by atoms with Crippen LogP contribution in [-0.2, 0) is 11.3 Å². The highest BCUT2D eigenvalue weighted by atomic mass is 16.2. The predicted octanol–water partition coefficient (Wildman–Crippen LogP) is 2.44. The molecule has 1 aliphatic rings. The Morgan fingerprint density at radius 2 is 2.12 bits per heavy atom. The number of nitrogens with zero attached hydrogens (tertiary/aromatic N) is 3. The van der Waals surface area contributed by atoms with Crippen LogP contribution in [0.2, 0.25) is 0 Å². The zero-order valence-electron chi connectivity index (χ0n) is 14.3. The summed E-state index contributed by atoms with van der Waals surface area (Å²) in [4.78, 5) is 29.6. The molecule has 3 rings (SSSR count). The second-order valence-electron chi connectivity index (χ2n) is 6.44. The highest BCUT2D eigenvalue weighted by molar-refractivity contribution is 5.88. The van der Waals surface area contributed by atoms with Crippen molar-refractivity contribution in [2.24, 2.45) is 5.73 Å². The summed E-state index contributed by atoms with van der Waals surface area (Å²) in [5.41, 5.74) is 7.34. The fraction of sp³-hybridized carbons (Fsp3) is 0.389. The molecule has 3 amide bonds. The van der Waals surface area contributed by atoms with Crippen molar-refractivity contribution in [3.63, 3.8) is 0 Å². The number of rotatable bonds is 5. The summed E-state index contributed by atoms with van der Waals surface area (Å²) in [5, 5.41) is 2.54. The van der Waals surface area contributed by atoms with Crippen LogP contribution in [0.4, 0.5) is 10.5 Å². The van der Waals surface area contributed by atoms with Crippen molar-refractivity contribution in [3.05, 3.63) is 36.8 Å². The lowest BCUT2D eigenvalue weighted by atomic mass is 10.1. The molecule has 1 heterocycles. The molecule has 1 fully saturated rings. The Labute approximate surface area is 146 Å². The molecule has 0 aliphatic heterocycles. The van der Waals surface area contributed by atoms with Gasteiger partial charge in [0.05, 0.1) is 12.0 Å². The predicted molar refractivity (Wildman–Crippen MR) is 95.9 cm³/mol. The number of nitrogens with two attached hydrogens (primary N) is 1. The maximum Gasteiger partial charge on any atom is 0.316 e. The third-order valence-electron chi connectivity index (χ3n) is 4.64. The average molecular weight is 341 g/mol. The number of urea groups is 1. The second-order valence-corrected chi connectivity index (χ2v) is 6.44.